The molecule has 5 nitrogen and oxygen atoms in total. The predicted octanol–water partition coefficient (Wildman–Crippen LogP) is 2.92. The highest BCUT2D eigenvalue weighted by Gasteiger charge is 2.41. The van der Waals surface area contributed by atoms with Gasteiger partial charge in [-0.15, -0.1) is 0 Å². The molecule has 0 aromatic heterocycles. The van der Waals surface area contributed by atoms with Gasteiger partial charge < -0.3 is 9.64 Å². The van der Waals surface area contributed by atoms with E-state index in [9.17, 15) is 9.59 Å². The van der Waals surface area contributed by atoms with E-state index in [0.717, 1.165) is 30.8 Å². The Morgan fingerprint density at radius 3 is 2.44 bits per heavy atom. The molecule has 0 N–H and O–H groups in total. The van der Waals surface area contributed by atoms with Gasteiger partial charge in [0.25, 0.3) is 11.8 Å². The normalized spacial score (nSPS) is 21.3. The number of nitrogens with zero attached hydrogens (tertiary/aromatic N) is 2. The van der Waals surface area contributed by atoms with Crippen LogP contribution in [-0.4, -0.2) is 47.9 Å². The molecule has 1 aromatic carbocycles. The third-order valence-electron chi connectivity index (χ3n) is 4.89. The third kappa shape index (κ3) is 3.28. The van der Waals surface area contributed by atoms with Crippen LogP contribution in [-0.2, 0) is 9.59 Å². The van der Waals surface area contributed by atoms with Crippen molar-refractivity contribution in [2.24, 2.45) is 5.92 Å². The number of amides is 2. The van der Waals surface area contributed by atoms with Crippen LogP contribution in [0.15, 0.2) is 30.0 Å². The first kappa shape index (κ1) is 17.5. The second-order valence-corrected chi connectivity index (χ2v) is 6.73. The summed E-state index contributed by atoms with van der Waals surface area (Å²) in [5, 5.41) is 0. The fourth-order valence-electron chi connectivity index (χ4n) is 3.68. The summed E-state index contributed by atoms with van der Waals surface area (Å²) in [6.45, 7) is 8.62. The number of benzene rings is 1. The van der Waals surface area contributed by atoms with Gasteiger partial charge in [-0.1, -0.05) is 19.1 Å². The first-order valence-electron chi connectivity index (χ1n) is 9.15. The van der Waals surface area contributed by atoms with Gasteiger partial charge in [-0.25, -0.2) is 0 Å². The molecule has 1 fully saturated rings. The molecule has 5 heteroatoms. The van der Waals surface area contributed by atoms with E-state index in [1.54, 1.807) is 0 Å². The molecule has 0 saturated carbocycles. The van der Waals surface area contributed by atoms with E-state index in [2.05, 4.69) is 11.8 Å². The Morgan fingerprint density at radius 1 is 1.12 bits per heavy atom. The highest BCUT2D eigenvalue weighted by Crippen LogP contribution is 2.34. The maximum Gasteiger partial charge on any atom is 0.277 e. The van der Waals surface area contributed by atoms with Gasteiger partial charge in [0.05, 0.1) is 12.2 Å². The Bertz CT molecular complexity index is 693. The lowest BCUT2D eigenvalue weighted by molar-refractivity contribution is -0.137. The molecule has 2 heterocycles. The lowest BCUT2D eigenvalue weighted by atomic mass is 9.97. The van der Waals surface area contributed by atoms with Crippen molar-refractivity contribution in [1.82, 2.24) is 9.80 Å². The number of hydrogen-bond donors (Lipinski definition) is 0. The van der Waals surface area contributed by atoms with Crippen molar-refractivity contribution >= 4 is 17.4 Å². The highest BCUT2D eigenvalue weighted by molar-refractivity contribution is 6.35. The van der Waals surface area contributed by atoms with Crippen LogP contribution >= 0.6 is 0 Å². The summed E-state index contributed by atoms with van der Waals surface area (Å²) in [5.41, 5.74) is 1.89. The fourth-order valence-corrected chi connectivity index (χ4v) is 3.68. The molecule has 0 bridgehead atoms. The van der Waals surface area contributed by atoms with E-state index in [1.807, 2.05) is 38.1 Å². The van der Waals surface area contributed by atoms with Gasteiger partial charge in [0, 0.05) is 19.6 Å². The fraction of sp³-hybridized carbons (Fsp3) is 0.500. The number of likely N-dealkylation sites (tertiary alicyclic amines) is 1. The van der Waals surface area contributed by atoms with Crippen molar-refractivity contribution in [1.29, 1.82) is 0 Å². The topological polar surface area (TPSA) is 49.9 Å². The number of hydrogen-bond acceptors (Lipinski definition) is 4. The van der Waals surface area contributed by atoms with Crippen LogP contribution in [0.3, 0.4) is 0 Å². The molecule has 25 heavy (non-hydrogen) atoms. The third-order valence-corrected chi connectivity index (χ3v) is 4.89. The molecule has 0 aliphatic carbocycles. The molecule has 2 amide bonds. The summed E-state index contributed by atoms with van der Waals surface area (Å²) in [5.74, 6) is 0.945. The van der Waals surface area contributed by atoms with Crippen LogP contribution in [0.4, 0.5) is 0 Å². The summed E-state index contributed by atoms with van der Waals surface area (Å²) in [4.78, 5) is 29.2. The number of carbonyl (C=O) groups excluding carboxylic acids is 2. The molecule has 2 aliphatic rings. The monoisotopic (exact) mass is 342 g/mol. The van der Waals surface area contributed by atoms with Crippen LogP contribution in [0.1, 0.15) is 39.2 Å². The number of piperidine rings is 1. The molecule has 3 rings (SSSR count). The summed E-state index contributed by atoms with van der Waals surface area (Å²) >= 11 is 0. The molecular weight excluding hydrogens is 316 g/mol. The van der Waals surface area contributed by atoms with Crippen LogP contribution in [0.5, 0.6) is 5.75 Å². The van der Waals surface area contributed by atoms with E-state index in [-0.39, 0.29) is 11.8 Å². The van der Waals surface area contributed by atoms with Gasteiger partial charge in [-0.2, -0.15) is 0 Å². The predicted molar refractivity (Wildman–Crippen MR) is 96.9 cm³/mol. The van der Waals surface area contributed by atoms with Crippen LogP contribution in [0.2, 0.25) is 0 Å². The molecular formula is C20H26N2O3. The Hall–Kier alpha value is -2.30. The molecule has 2 aliphatic heterocycles. The Labute approximate surface area is 149 Å². The lowest BCUT2D eigenvalue weighted by Crippen LogP contribution is -2.39. The van der Waals surface area contributed by atoms with Crippen LogP contribution in [0.25, 0.3) is 5.57 Å². The van der Waals surface area contributed by atoms with Crippen molar-refractivity contribution in [2.75, 3.05) is 26.2 Å². The van der Waals surface area contributed by atoms with Gasteiger partial charge in [0.15, 0.2) is 0 Å². The average Bonchev–Trinajstić information content (AvgIpc) is 2.86. The number of likely N-dealkylation sites (N-methyl/N-ethyl adjacent to an activating group) is 1. The summed E-state index contributed by atoms with van der Waals surface area (Å²) in [7, 11) is 0. The smallest absolute Gasteiger partial charge is 0.277 e. The van der Waals surface area contributed by atoms with E-state index < -0.39 is 0 Å². The first-order chi connectivity index (χ1) is 12.1. The summed E-state index contributed by atoms with van der Waals surface area (Å²) < 4.78 is 5.48. The lowest BCUT2D eigenvalue weighted by Gasteiger charge is -2.33. The maximum atomic E-state index is 12.9. The number of imide groups is 1. The SMILES string of the molecule is CCOc1ccc(C2=C(N3CCCC(C)C3)C(=O)N(CC)C2=O)cc1. The average molecular weight is 342 g/mol. The second kappa shape index (κ2) is 7.30. The second-order valence-electron chi connectivity index (χ2n) is 6.73. The largest absolute Gasteiger partial charge is 0.494 e. The maximum absolute atomic E-state index is 12.9. The van der Waals surface area contributed by atoms with Crippen LogP contribution < -0.4 is 4.74 Å². The zero-order chi connectivity index (χ0) is 18.0. The molecule has 1 aromatic rings. The van der Waals surface area contributed by atoms with Crippen molar-refractivity contribution in [3.8, 4) is 5.75 Å². The zero-order valence-corrected chi connectivity index (χ0v) is 15.2. The van der Waals surface area contributed by atoms with Crippen LogP contribution in [0, 0.1) is 5.92 Å². The minimum Gasteiger partial charge on any atom is -0.494 e. The summed E-state index contributed by atoms with van der Waals surface area (Å²) in [6, 6.07) is 7.46. The first-order valence-corrected chi connectivity index (χ1v) is 9.15. The number of rotatable bonds is 5. The Morgan fingerprint density at radius 2 is 1.84 bits per heavy atom. The highest BCUT2D eigenvalue weighted by atomic mass is 16.5. The quantitative estimate of drug-likeness (QED) is 0.772. The van der Waals surface area contributed by atoms with Crippen molar-refractivity contribution in [3.05, 3.63) is 35.5 Å². The summed E-state index contributed by atoms with van der Waals surface area (Å²) in [6.07, 6.45) is 2.22. The van der Waals surface area contributed by atoms with Crippen molar-refractivity contribution < 1.29 is 14.3 Å². The van der Waals surface area contributed by atoms with E-state index >= 15 is 0 Å². The van der Waals surface area contributed by atoms with Gasteiger partial charge in [0.2, 0.25) is 0 Å². The molecule has 1 saturated heterocycles. The van der Waals surface area contributed by atoms with E-state index in [4.69, 9.17) is 4.74 Å². The van der Waals surface area contributed by atoms with Gasteiger partial charge in [0.1, 0.15) is 11.4 Å². The minimum absolute atomic E-state index is 0.162. The number of carbonyl (C=O) groups is 2. The van der Waals surface area contributed by atoms with Gasteiger partial charge >= 0.3 is 0 Å². The van der Waals surface area contributed by atoms with Crippen molar-refractivity contribution in [2.45, 2.75) is 33.6 Å². The van der Waals surface area contributed by atoms with Gasteiger partial charge in [-0.3, -0.25) is 14.5 Å². The van der Waals surface area contributed by atoms with Crippen molar-refractivity contribution in [3.63, 3.8) is 0 Å². The molecule has 134 valence electrons. The van der Waals surface area contributed by atoms with E-state index in [0.29, 0.717) is 30.3 Å². The van der Waals surface area contributed by atoms with Gasteiger partial charge in [-0.05, 0) is 50.3 Å². The molecule has 0 spiro atoms. The zero-order valence-electron chi connectivity index (χ0n) is 15.2. The molecule has 1 unspecified atom stereocenters. The molecule has 1 atom stereocenters. The van der Waals surface area contributed by atoms with E-state index in [1.165, 1.54) is 11.3 Å². The molecule has 0 radical (unpaired) electrons. The minimum atomic E-state index is -0.190. The Kier molecular flexibility index (Phi) is 5.11. The standard InChI is InChI=1S/C20H26N2O3/c1-4-22-19(23)17(15-8-10-16(11-9-15)25-5-2)18(20(22)24)21-12-6-7-14(3)13-21/h8-11,14H,4-7,12-13H2,1-3H3. The number of ether oxygens (including phenoxy) is 1. The Balaban J connectivity index is 2.02.